The Balaban J connectivity index is 1.76. The third-order valence-electron chi connectivity index (χ3n) is 3.67. The molecule has 21 heavy (non-hydrogen) atoms. The zero-order chi connectivity index (χ0) is 15.2. The molecular weight excluding hydrogens is 269 g/mol. The van der Waals surface area contributed by atoms with Crippen LogP contribution < -0.4 is 5.32 Å². The number of carbonyl (C=O) groups is 1. The number of amides is 2. The number of urea groups is 1. The highest BCUT2D eigenvalue weighted by atomic mass is 19.1. The second-order valence-corrected chi connectivity index (χ2v) is 5.93. The maximum absolute atomic E-state index is 13.5. The van der Waals surface area contributed by atoms with Gasteiger partial charge in [0.1, 0.15) is 5.82 Å². The number of rotatable bonds is 4. The van der Waals surface area contributed by atoms with Crippen LogP contribution in [0.5, 0.6) is 0 Å². The van der Waals surface area contributed by atoms with Crippen LogP contribution in [0.15, 0.2) is 24.3 Å². The van der Waals surface area contributed by atoms with Crippen molar-refractivity contribution >= 4 is 6.03 Å². The van der Waals surface area contributed by atoms with E-state index in [1.165, 1.54) is 6.07 Å². The molecule has 2 amide bonds. The Hall–Kier alpha value is -1.62. The molecule has 1 fully saturated rings. The van der Waals surface area contributed by atoms with Gasteiger partial charge in [0.15, 0.2) is 0 Å². The van der Waals surface area contributed by atoms with Crippen LogP contribution in [0.3, 0.4) is 0 Å². The van der Waals surface area contributed by atoms with Crippen molar-refractivity contribution in [1.82, 2.24) is 15.1 Å². The van der Waals surface area contributed by atoms with Crippen LogP contribution in [0.4, 0.5) is 9.18 Å². The molecule has 0 aromatic heterocycles. The smallest absolute Gasteiger partial charge is 0.317 e. The Labute approximate surface area is 125 Å². The summed E-state index contributed by atoms with van der Waals surface area (Å²) in [7, 11) is 0. The summed E-state index contributed by atoms with van der Waals surface area (Å²) >= 11 is 0. The molecular formula is C16H24FN3O. The molecule has 1 aromatic rings. The molecule has 0 saturated carbocycles. The van der Waals surface area contributed by atoms with E-state index in [-0.39, 0.29) is 18.4 Å². The van der Waals surface area contributed by atoms with Crippen molar-refractivity contribution in [1.29, 1.82) is 0 Å². The number of piperazine rings is 1. The van der Waals surface area contributed by atoms with Crippen LogP contribution in [0.1, 0.15) is 19.4 Å². The van der Waals surface area contributed by atoms with Crippen molar-refractivity contribution in [3.63, 3.8) is 0 Å². The first kappa shape index (κ1) is 15.8. The molecule has 0 spiro atoms. The lowest BCUT2D eigenvalue weighted by atomic mass is 10.2. The number of carbonyl (C=O) groups excluding carboxylic acids is 1. The zero-order valence-electron chi connectivity index (χ0n) is 12.8. The summed E-state index contributed by atoms with van der Waals surface area (Å²) < 4.78 is 13.5. The topological polar surface area (TPSA) is 35.6 Å². The molecule has 1 heterocycles. The van der Waals surface area contributed by atoms with Crippen molar-refractivity contribution < 1.29 is 9.18 Å². The Bertz CT molecular complexity index is 470. The molecule has 2 rings (SSSR count). The minimum absolute atomic E-state index is 0.109. The van der Waals surface area contributed by atoms with Gasteiger partial charge in [0, 0.05) is 44.8 Å². The normalized spacial score (nSPS) is 16.3. The highest BCUT2D eigenvalue weighted by molar-refractivity contribution is 5.74. The van der Waals surface area contributed by atoms with E-state index in [1.807, 2.05) is 0 Å². The quantitative estimate of drug-likeness (QED) is 0.924. The van der Waals surface area contributed by atoms with Crippen LogP contribution in [0.2, 0.25) is 0 Å². The van der Waals surface area contributed by atoms with Crippen LogP contribution in [-0.4, -0.2) is 48.6 Å². The summed E-state index contributed by atoms with van der Waals surface area (Å²) in [6.45, 7) is 8.99. The van der Waals surface area contributed by atoms with E-state index in [1.54, 1.807) is 23.1 Å². The fourth-order valence-electron chi connectivity index (χ4n) is 2.57. The molecule has 1 aromatic carbocycles. The maximum Gasteiger partial charge on any atom is 0.317 e. The Morgan fingerprint density at radius 1 is 1.24 bits per heavy atom. The van der Waals surface area contributed by atoms with Crippen LogP contribution >= 0.6 is 0 Å². The van der Waals surface area contributed by atoms with E-state index in [0.717, 1.165) is 32.7 Å². The number of nitrogens with one attached hydrogen (secondary N) is 1. The Morgan fingerprint density at radius 3 is 2.52 bits per heavy atom. The first-order chi connectivity index (χ1) is 10.1. The fraction of sp³-hybridized carbons (Fsp3) is 0.562. The number of hydrogen-bond donors (Lipinski definition) is 1. The number of benzene rings is 1. The number of halogens is 1. The van der Waals surface area contributed by atoms with E-state index >= 15 is 0 Å². The van der Waals surface area contributed by atoms with E-state index in [0.29, 0.717) is 11.5 Å². The predicted octanol–water partition coefficient (Wildman–Crippen LogP) is 2.31. The van der Waals surface area contributed by atoms with Gasteiger partial charge in [-0.25, -0.2) is 9.18 Å². The molecule has 1 N–H and O–H groups in total. The highest BCUT2D eigenvalue weighted by Gasteiger charge is 2.21. The number of hydrogen-bond acceptors (Lipinski definition) is 2. The minimum Gasteiger partial charge on any atom is -0.334 e. The molecule has 0 atom stereocenters. The third-order valence-corrected chi connectivity index (χ3v) is 3.67. The van der Waals surface area contributed by atoms with Crippen LogP contribution in [0, 0.1) is 11.7 Å². The van der Waals surface area contributed by atoms with Gasteiger partial charge < -0.3 is 10.2 Å². The molecule has 116 valence electrons. The van der Waals surface area contributed by atoms with Crippen molar-refractivity contribution in [2.24, 2.45) is 5.92 Å². The summed E-state index contributed by atoms with van der Waals surface area (Å²) in [6, 6.07) is 6.41. The van der Waals surface area contributed by atoms with E-state index in [4.69, 9.17) is 0 Å². The van der Waals surface area contributed by atoms with Crippen molar-refractivity contribution in [2.75, 3.05) is 32.7 Å². The van der Waals surface area contributed by atoms with Gasteiger partial charge in [0.25, 0.3) is 0 Å². The van der Waals surface area contributed by atoms with Gasteiger partial charge in [-0.3, -0.25) is 4.90 Å². The van der Waals surface area contributed by atoms with E-state index in [2.05, 4.69) is 24.1 Å². The van der Waals surface area contributed by atoms with Gasteiger partial charge in [-0.2, -0.15) is 0 Å². The van der Waals surface area contributed by atoms with Crippen molar-refractivity contribution in [2.45, 2.75) is 20.4 Å². The van der Waals surface area contributed by atoms with Crippen molar-refractivity contribution in [3.05, 3.63) is 35.6 Å². The lowest BCUT2D eigenvalue weighted by Crippen LogP contribution is -2.52. The first-order valence-electron chi connectivity index (χ1n) is 7.55. The largest absolute Gasteiger partial charge is 0.334 e. The molecule has 1 aliphatic rings. The standard InChI is InChI=1S/C16H24FN3O/c1-13(2)12-19-7-9-20(10-8-19)16(21)18-11-14-5-3-4-6-15(14)17/h3-6,13H,7-12H2,1-2H3,(H,18,21). The van der Waals surface area contributed by atoms with Crippen molar-refractivity contribution in [3.8, 4) is 0 Å². The molecule has 0 bridgehead atoms. The summed E-state index contributed by atoms with van der Waals surface area (Å²) in [6.07, 6.45) is 0. The molecule has 0 aliphatic carbocycles. The van der Waals surface area contributed by atoms with Gasteiger partial charge >= 0.3 is 6.03 Å². The number of nitrogens with zero attached hydrogens (tertiary/aromatic N) is 2. The van der Waals surface area contributed by atoms with Gasteiger partial charge in [-0.05, 0) is 12.0 Å². The van der Waals surface area contributed by atoms with E-state index < -0.39 is 0 Å². The third kappa shape index (κ3) is 4.70. The fourth-order valence-corrected chi connectivity index (χ4v) is 2.57. The summed E-state index contributed by atoms with van der Waals surface area (Å²) in [5.74, 6) is 0.367. The van der Waals surface area contributed by atoms with Gasteiger partial charge in [0.2, 0.25) is 0 Å². The SMILES string of the molecule is CC(C)CN1CCN(C(=O)NCc2ccccc2F)CC1. The molecule has 1 aliphatic heterocycles. The second-order valence-electron chi connectivity index (χ2n) is 5.93. The molecule has 0 radical (unpaired) electrons. The Morgan fingerprint density at radius 2 is 1.90 bits per heavy atom. The average molecular weight is 293 g/mol. The lowest BCUT2D eigenvalue weighted by molar-refractivity contribution is 0.131. The first-order valence-corrected chi connectivity index (χ1v) is 7.55. The van der Waals surface area contributed by atoms with Gasteiger partial charge in [-0.15, -0.1) is 0 Å². The second kappa shape index (κ2) is 7.41. The average Bonchev–Trinajstić information content (AvgIpc) is 2.46. The van der Waals surface area contributed by atoms with E-state index in [9.17, 15) is 9.18 Å². The summed E-state index contributed by atoms with van der Waals surface area (Å²) in [4.78, 5) is 16.3. The lowest BCUT2D eigenvalue weighted by Gasteiger charge is -2.35. The molecule has 4 nitrogen and oxygen atoms in total. The molecule has 1 saturated heterocycles. The Kier molecular flexibility index (Phi) is 5.56. The molecule has 0 unspecified atom stereocenters. The predicted molar refractivity (Wildman–Crippen MR) is 81.5 cm³/mol. The molecule has 5 heteroatoms. The van der Waals surface area contributed by atoms with Crippen LogP contribution in [0.25, 0.3) is 0 Å². The highest BCUT2D eigenvalue weighted by Crippen LogP contribution is 2.08. The minimum atomic E-state index is -0.278. The monoisotopic (exact) mass is 293 g/mol. The summed E-state index contributed by atoms with van der Waals surface area (Å²) in [5.41, 5.74) is 0.518. The maximum atomic E-state index is 13.5. The zero-order valence-corrected chi connectivity index (χ0v) is 12.8. The van der Waals surface area contributed by atoms with Crippen LogP contribution in [-0.2, 0) is 6.54 Å². The summed E-state index contributed by atoms with van der Waals surface area (Å²) in [5, 5.41) is 2.79. The van der Waals surface area contributed by atoms with Gasteiger partial charge in [-0.1, -0.05) is 32.0 Å². The van der Waals surface area contributed by atoms with Gasteiger partial charge in [0.05, 0.1) is 0 Å².